The lowest BCUT2D eigenvalue weighted by atomic mass is 10.1. The van der Waals surface area contributed by atoms with Crippen molar-refractivity contribution in [2.45, 2.75) is 13.0 Å². The number of halogens is 1. The van der Waals surface area contributed by atoms with Gasteiger partial charge in [0.1, 0.15) is 5.56 Å². The number of rotatable bonds is 7. The van der Waals surface area contributed by atoms with Crippen molar-refractivity contribution in [2.24, 2.45) is 0 Å². The first-order chi connectivity index (χ1) is 16.7. The summed E-state index contributed by atoms with van der Waals surface area (Å²) in [6.07, 6.45) is 4.06. The molecule has 0 saturated heterocycles. The molecule has 1 amide bonds. The number of amides is 1. The van der Waals surface area contributed by atoms with Crippen LogP contribution in [0.5, 0.6) is 0 Å². The van der Waals surface area contributed by atoms with Gasteiger partial charge in [0.25, 0.3) is 5.91 Å². The molecule has 168 valence electrons. The van der Waals surface area contributed by atoms with Crippen LogP contribution in [-0.2, 0) is 13.0 Å². The van der Waals surface area contributed by atoms with Gasteiger partial charge in [-0.25, -0.2) is 9.50 Å². The molecule has 5 rings (SSSR count). The van der Waals surface area contributed by atoms with Crippen molar-refractivity contribution in [1.29, 1.82) is 0 Å². The van der Waals surface area contributed by atoms with Crippen molar-refractivity contribution in [3.05, 3.63) is 125 Å². The average molecular weight is 467 g/mol. The van der Waals surface area contributed by atoms with Gasteiger partial charge in [-0.3, -0.25) is 4.79 Å². The van der Waals surface area contributed by atoms with E-state index in [1.807, 2.05) is 83.8 Å². The summed E-state index contributed by atoms with van der Waals surface area (Å²) in [4.78, 5) is 20.1. The Labute approximate surface area is 203 Å². The Bertz CT molecular complexity index is 1420. The highest BCUT2D eigenvalue weighted by molar-refractivity contribution is 6.33. The zero-order chi connectivity index (χ0) is 23.3. The van der Waals surface area contributed by atoms with Gasteiger partial charge in [-0.05, 0) is 29.7 Å². The SMILES string of the molecule is O=C(c1cnn2c(-c3ccccc3Cl)ccnc12)N(CCc1ccccc1)Cc1ccccc1. The van der Waals surface area contributed by atoms with Gasteiger partial charge in [0, 0.05) is 29.9 Å². The molecule has 2 aromatic heterocycles. The second kappa shape index (κ2) is 9.89. The Morgan fingerprint density at radius 2 is 1.53 bits per heavy atom. The fourth-order valence-corrected chi connectivity index (χ4v) is 4.28. The fraction of sp³-hybridized carbons (Fsp3) is 0.107. The van der Waals surface area contributed by atoms with Gasteiger partial charge in [-0.15, -0.1) is 0 Å². The Kier molecular flexibility index (Phi) is 6.36. The molecule has 0 bridgehead atoms. The molecule has 0 aliphatic carbocycles. The van der Waals surface area contributed by atoms with Crippen LogP contribution >= 0.6 is 11.6 Å². The van der Waals surface area contributed by atoms with Crippen LogP contribution in [0.15, 0.2) is 103 Å². The van der Waals surface area contributed by atoms with Crippen LogP contribution in [0.3, 0.4) is 0 Å². The highest BCUT2D eigenvalue weighted by atomic mass is 35.5. The maximum atomic E-state index is 13.8. The van der Waals surface area contributed by atoms with Gasteiger partial charge in [0.15, 0.2) is 5.65 Å². The van der Waals surface area contributed by atoms with Crippen molar-refractivity contribution in [3.63, 3.8) is 0 Å². The van der Waals surface area contributed by atoms with E-state index in [2.05, 4.69) is 22.2 Å². The quantitative estimate of drug-likeness (QED) is 0.298. The lowest BCUT2D eigenvalue weighted by Gasteiger charge is -2.22. The largest absolute Gasteiger partial charge is 0.334 e. The third kappa shape index (κ3) is 4.56. The third-order valence-corrected chi connectivity index (χ3v) is 6.13. The summed E-state index contributed by atoms with van der Waals surface area (Å²) >= 11 is 6.43. The number of nitrogens with zero attached hydrogens (tertiary/aromatic N) is 4. The minimum absolute atomic E-state index is 0.0985. The first-order valence-corrected chi connectivity index (χ1v) is 11.5. The molecule has 0 atom stereocenters. The van der Waals surface area contributed by atoms with E-state index < -0.39 is 0 Å². The maximum Gasteiger partial charge on any atom is 0.259 e. The van der Waals surface area contributed by atoms with E-state index in [0.29, 0.717) is 29.3 Å². The van der Waals surface area contributed by atoms with E-state index in [1.54, 1.807) is 16.9 Å². The molecule has 0 N–H and O–H groups in total. The monoisotopic (exact) mass is 466 g/mol. The predicted molar refractivity (Wildman–Crippen MR) is 135 cm³/mol. The van der Waals surface area contributed by atoms with Gasteiger partial charge in [0.2, 0.25) is 0 Å². The van der Waals surface area contributed by atoms with E-state index >= 15 is 0 Å². The number of aromatic nitrogens is 3. The lowest BCUT2D eigenvalue weighted by Crippen LogP contribution is -2.32. The molecule has 0 spiro atoms. The number of hydrogen-bond acceptors (Lipinski definition) is 3. The molecule has 6 heteroatoms. The smallest absolute Gasteiger partial charge is 0.259 e. The van der Waals surface area contributed by atoms with E-state index in [0.717, 1.165) is 23.2 Å². The summed E-state index contributed by atoms with van der Waals surface area (Å²) in [7, 11) is 0. The normalized spacial score (nSPS) is 11.0. The minimum atomic E-state index is -0.0985. The molecule has 0 unspecified atom stereocenters. The summed E-state index contributed by atoms with van der Waals surface area (Å²) < 4.78 is 1.69. The van der Waals surface area contributed by atoms with Gasteiger partial charge >= 0.3 is 0 Å². The van der Waals surface area contributed by atoms with Crippen LogP contribution in [0.2, 0.25) is 5.02 Å². The molecule has 5 nitrogen and oxygen atoms in total. The van der Waals surface area contributed by atoms with E-state index in [1.165, 1.54) is 5.56 Å². The molecular formula is C28H23ClN4O. The summed E-state index contributed by atoms with van der Waals surface area (Å²) in [6, 6.07) is 29.7. The van der Waals surface area contributed by atoms with Crippen LogP contribution in [-0.4, -0.2) is 31.9 Å². The standard InChI is InChI=1S/C28H23ClN4O/c29-25-14-8-7-13-23(25)26-15-17-30-27-24(19-31-33(26)27)28(34)32(20-22-11-5-2-6-12-22)18-16-21-9-3-1-4-10-21/h1-15,17,19H,16,18,20H2. The second-order valence-corrected chi connectivity index (χ2v) is 8.46. The summed E-state index contributed by atoms with van der Waals surface area (Å²) in [5.74, 6) is -0.0985. The topological polar surface area (TPSA) is 50.5 Å². The van der Waals surface area contributed by atoms with Gasteiger partial charge in [-0.1, -0.05) is 90.5 Å². The van der Waals surface area contributed by atoms with Gasteiger partial charge < -0.3 is 4.90 Å². The highest BCUT2D eigenvalue weighted by Gasteiger charge is 2.22. The molecule has 0 aliphatic heterocycles. The number of carbonyl (C=O) groups excluding carboxylic acids is 1. The van der Waals surface area contributed by atoms with Crippen molar-refractivity contribution in [2.75, 3.05) is 6.54 Å². The summed E-state index contributed by atoms with van der Waals surface area (Å²) in [5.41, 5.74) is 4.87. The van der Waals surface area contributed by atoms with E-state index in [4.69, 9.17) is 11.6 Å². The first-order valence-electron chi connectivity index (χ1n) is 11.2. The maximum absolute atomic E-state index is 13.8. The summed E-state index contributed by atoms with van der Waals surface area (Å²) in [5, 5.41) is 5.13. The van der Waals surface area contributed by atoms with Crippen LogP contribution in [0.1, 0.15) is 21.5 Å². The Hall–Kier alpha value is -3.96. The minimum Gasteiger partial charge on any atom is -0.334 e. The number of benzene rings is 3. The third-order valence-electron chi connectivity index (χ3n) is 5.80. The summed E-state index contributed by atoms with van der Waals surface area (Å²) in [6.45, 7) is 1.09. The molecule has 34 heavy (non-hydrogen) atoms. The second-order valence-electron chi connectivity index (χ2n) is 8.05. The molecule has 0 saturated carbocycles. The van der Waals surface area contributed by atoms with E-state index in [-0.39, 0.29) is 5.91 Å². The Balaban J connectivity index is 1.49. The van der Waals surface area contributed by atoms with Crippen molar-refractivity contribution < 1.29 is 4.79 Å². The highest BCUT2D eigenvalue weighted by Crippen LogP contribution is 2.28. The predicted octanol–water partition coefficient (Wildman–Crippen LogP) is 5.93. The lowest BCUT2D eigenvalue weighted by molar-refractivity contribution is 0.0747. The van der Waals surface area contributed by atoms with Crippen molar-refractivity contribution in [3.8, 4) is 11.3 Å². The van der Waals surface area contributed by atoms with Gasteiger partial charge in [-0.2, -0.15) is 5.10 Å². The van der Waals surface area contributed by atoms with Crippen LogP contribution in [0.25, 0.3) is 16.9 Å². The van der Waals surface area contributed by atoms with E-state index in [9.17, 15) is 4.79 Å². The average Bonchev–Trinajstić information content (AvgIpc) is 3.32. The van der Waals surface area contributed by atoms with Crippen molar-refractivity contribution >= 4 is 23.2 Å². The Morgan fingerprint density at radius 3 is 2.26 bits per heavy atom. The number of fused-ring (bicyclic) bond motifs is 1. The fourth-order valence-electron chi connectivity index (χ4n) is 4.05. The molecule has 0 radical (unpaired) electrons. The zero-order valence-corrected chi connectivity index (χ0v) is 19.3. The molecule has 0 aliphatic rings. The number of hydrogen-bond donors (Lipinski definition) is 0. The molecule has 2 heterocycles. The van der Waals surface area contributed by atoms with Crippen LogP contribution in [0.4, 0.5) is 0 Å². The number of carbonyl (C=O) groups is 1. The Morgan fingerprint density at radius 1 is 0.853 bits per heavy atom. The molecular weight excluding hydrogens is 444 g/mol. The van der Waals surface area contributed by atoms with Crippen LogP contribution in [0, 0.1) is 0 Å². The molecule has 3 aromatic carbocycles. The molecule has 5 aromatic rings. The first kappa shape index (κ1) is 21.9. The van der Waals surface area contributed by atoms with Crippen molar-refractivity contribution in [1.82, 2.24) is 19.5 Å². The zero-order valence-electron chi connectivity index (χ0n) is 18.5. The molecule has 0 fully saturated rings. The van der Waals surface area contributed by atoms with Crippen LogP contribution < -0.4 is 0 Å². The van der Waals surface area contributed by atoms with Gasteiger partial charge in [0.05, 0.1) is 11.9 Å².